The third kappa shape index (κ3) is 14.3. The summed E-state index contributed by atoms with van der Waals surface area (Å²) in [6, 6.07) is 15.6. The molecule has 3 aromatic carbocycles. The zero-order valence-electron chi connectivity index (χ0n) is 19.9. The van der Waals surface area contributed by atoms with Crippen LogP contribution in [-0.4, -0.2) is 0 Å². The summed E-state index contributed by atoms with van der Waals surface area (Å²) in [7, 11) is 0. The molecule has 0 atom stereocenters. The van der Waals surface area contributed by atoms with Gasteiger partial charge >= 0.3 is 0 Å². The summed E-state index contributed by atoms with van der Waals surface area (Å²) >= 11 is 24.7. The van der Waals surface area contributed by atoms with Crippen molar-refractivity contribution < 1.29 is 18.4 Å². The molecule has 0 aliphatic heterocycles. The zero-order valence-corrected chi connectivity index (χ0v) is 26.1. The standard InChI is InChI=1S/C14H11BrCl2O.C7H5NO2S.C6H3BrClF/c1-2-9-3-6-12(17)14(7-9)18-13-8-10(16)4-5-11(13)15;1-2-3-4-5-6-7-11-10-9-8;7-5-2-1-4(8)3-6(5)9/h3-8H,2H2,1H3;8H2,1H3;1-3H. The molecule has 11 heteroatoms. The summed E-state index contributed by atoms with van der Waals surface area (Å²) in [5.41, 5.74) is 1.17. The van der Waals surface area contributed by atoms with E-state index in [1.165, 1.54) is 11.6 Å². The molecule has 0 bridgehead atoms. The van der Waals surface area contributed by atoms with Gasteiger partial charge in [-0.2, -0.15) is 5.90 Å². The average Bonchev–Trinajstić information content (AvgIpc) is 2.90. The number of nitrogens with two attached hydrogens (primary N) is 1. The van der Waals surface area contributed by atoms with Crippen LogP contribution in [0.1, 0.15) is 19.4 Å². The lowest BCUT2D eigenvalue weighted by Gasteiger charge is -2.10. The van der Waals surface area contributed by atoms with Crippen LogP contribution in [0.25, 0.3) is 0 Å². The molecule has 0 spiro atoms. The Morgan fingerprint density at radius 1 is 0.868 bits per heavy atom. The second-order valence-corrected chi connectivity index (χ2v) is 9.95. The molecule has 0 saturated carbocycles. The third-order valence-electron chi connectivity index (χ3n) is 3.88. The predicted molar refractivity (Wildman–Crippen MR) is 162 cm³/mol. The molecular weight excluding hydrogens is 704 g/mol. The van der Waals surface area contributed by atoms with Gasteiger partial charge in [-0.25, -0.2) is 4.39 Å². The van der Waals surface area contributed by atoms with E-state index in [1.807, 2.05) is 24.3 Å². The molecule has 0 fully saturated rings. The first-order valence-electron chi connectivity index (χ1n) is 10.3. The Labute approximate surface area is 258 Å². The molecule has 0 amide bonds. The molecule has 4 nitrogen and oxygen atoms in total. The number of rotatable bonds is 5. The number of ether oxygens (including phenoxy) is 1. The maximum atomic E-state index is 12.4. The largest absolute Gasteiger partial charge is 0.455 e. The Balaban J connectivity index is 0.000000310. The molecule has 0 radical (unpaired) electrons. The van der Waals surface area contributed by atoms with Crippen molar-refractivity contribution in [3.63, 3.8) is 0 Å². The van der Waals surface area contributed by atoms with Crippen LogP contribution in [0.15, 0.2) is 63.5 Å². The van der Waals surface area contributed by atoms with Gasteiger partial charge in [-0.1, -0.05) is 53.7 Å². The Morgan fingerprint density at radius 3 is 2.13 bits per heavy atom. The molecule has 0 saturated heterocycles. The summed E-state index contributed by atoms with van der Waals surface area (Å²) in [5.74, 6) is 18.0. The molecule has 0 aliphatic carbocycles. The summed E-state index contributed by atoms with van der Waals surface area (Å²) in [4.78, 5) is 3.75. The fraction of sp³-hybridized carbons (Fsp3) is 0.111. The van der Waals surface area contributed by atoms with Crippen LogP contribution in [0.3, 0.4) is 0 Å². The fourth-order valence-electron chi connectivity index (χ4n) is 2.20. The van der Waals surface area contributed by atoms with E-state index in [9.17, 15) is 4.39 Å². The molecule has 3 aromatic rings. The smallest absolute Gasteiger partial charge is 0.146 e. The SMILES string of the molecule is CC#CC#CC#CSOON.CCc1ccc(Cl)c(Oc2cc(Cl)ccc2Br)c1.Fc1cc(Cl)ccc1Br. The van der Waals surface area contributed by atoms with Crippen LogP contribution >= 0.6 is 78.7 Å². The van der Waals surface area contributed by atoms with E-state index in [4.69, 9.17) is 39.5 Å². The van der Waals surface area contributed by atoms with Crippen molar-refractivity contribution in [1.29, 1.82) is 0 Å². The van der Waals surface area contributed by atoms with Crippen molar-refractivity contribution in [2.75, 3.05) is 0 Å². The number of hydrogen-bond acceptors (Lipinski definition) is 5. The first-order chi connectivity index (χ1) is 18.2. The highest BCUT2D eigenvalue weighted by atomic mass is 79.9. The molecule has 38 heavy (non-hydrogen) atoms. The molecule has 2 N–H and O–H groups in total. The molecular formula is C27H19Br2Cl3FNO3S. The first-order valence-corrected chi connectivity index (χ1v) is 13.8. The average molecular weight is 723 g/mol. The molecule has 0 unspecified atom stereocenters. The van der Waals surface area contributed by atoms with Gasteiger partial charge in [-0.15, -0.1) is 9.32 Å². The predicted octanol–water partition coefficient (Wildman–Crippen LogP) is 9.80. The van der Waals surface area contributed by atoms with Gasteiger partial charge in [0.25, 0.3) is 0 Å². The lowest BCUT2D eigenvalue weighted by Crippen LogP contribution is -1.92. The topological polar surface area (TPSA) is 53.7 Å². The number of halogens is 6. The van der Waals surface area contributed by atoms with E-state index >= 15 is 0 Å². The first kappa shape index (κ1) is 34.2. The van der Waals surface area contributed by atoms with Crippen LogP contribution in [0.2, 0.25) is 15.1 Å². The Kier molecular flexibility index (Phi) is 18.1. The zero-order chi connectivity index (χ0) is 28.3. The summed E-state index contributed by atoms with van der Waals surface area (Å²) in [6.45, 7) is 3.78. The minimum atomic E-state index is -0.331. The van der Waals surface area contributed by atoms with Gasteiger partial charge in [0.1, 0.15) is 29.4 Å². The Bertz CT molecular complexity index is 1390. The minimum absolute atomic E-state index is 0.331. The minimum Gasteiger partial charge on any atom is -0.455 e. The van der Waals surface area contributed by atoms with Crippen LogP contribution in [-0.2, 0) is 15.7 Å². The summed E-state index contributed by atoms with van der Waals surface area (Å²) < 4.78 is 23.7. The molecule has 0 aromatic heterocycles. The number of aryl methyl sites for hydroxylation is 1. The van der Waals surface area contributed by atoms with Gasteiger partial charge < -0.3 is 4.74 Å². The normalized spacial score (nSPS) is 8.97. The Hall–Kier alpha value is -1.87. The fourth-order valence-corrected chi connectivity index (χ4v) is 3.42. The summed E-state index contributed by atoms with van der Waals surface area (Å²) in [6.07, 6.45) is 0.935. The maximum Gasteiger partial charge on any atom is 0.146 e. The van der Waals surface area contributed by atoms with Crippen molar-refractivity contribution in [1.82, 2.24) is 0 Å². The molecule has 0 heterocycles. The van der Waals surface area contributed by atoms with Gasteiger partial charge in [0.15, 0.2) is 0 Å². The summed E-state index contributed by atoms with van der Waals surface area (Å²) in [5, 5.41) is 4.06. The van der Waals surface area contributed by atoms with Crippen molar-refractivity contribution in [2.24, 2.45) is 5.90 Å². The monoisotopic (exact) mass is 719 g/mol. The highest BCUT2D eigenvalue weighted by Crippen LogP contribution is 2.35. The lowest BCUT2D eigenvalue weighted by atomic mass is 10.2. The van der Waals surface area contributed by atoms with E-state index in [1.54, 1.807) is 31.2 Å². The van der Waals surface area contributed by atoms with Crippen LogP contribution in [0.5, 0.6) is 11.5 Å². The van der Waals surface area contributed by atoms with Crippen molar-refractivity contribution in [3.05, 3.63) is 90.0 Å². The van der Waals surface area contributed by atoms with Gasteiger partial charge in [-0.05, 0) is 111 Å². The van der Waals surface area contributed by atoms with E-state index in [0.29, 0.717) is 31.0 Å². The van der Waals surface area contributed by atoms with Gasteiger partial charge in [0.2, 0.25) is 0 Å². The van der Waals surface area contributed by atoms with E-state index in [-0.39, 0.29) is 5.82 Å². The quantitative estimate of drug-likeness (QED) is 0.0710. The van der Waals surface area contributed by atoms with Crippen molar-refractivity contribution >= 4 is 78.7 Å². The van der Waals surface area contributed by atoms with Crippen LogP contribution in [0, 0.1) is 40.7 Å². The van der Waals surface area contributed by atoms with Crippen LogP contribution < -0.4 is 10.6 Å². The third-order valence-corrected chi connectivity index (χ3v) is 6.29. The van der Waals surface area contributed by atoms with E-state index in [2.05, 4.69) is 88.9 Å². The molecule has 0 aliphatic rings. The lowest BCUT2D eigenvalue weighted by molar-refractivity contribution is -0.194. The van der Waals surface area contributed by atoms with E-state index in [0.717, 1.165) is 22.9 Å². The molecule has 198 valence electrons. The highest BCUT2D eigenvalue weighted by molar-refractivity contribution is 9.10. The second-order valence-electron chi connectivity index (χ2n) is 6.45. The van der Waals surface area contributed by atoms with Gasteiger partial charge in [-0.3, -0.25) is 0 Å². The van der Waals surface area contributed by atoms with E-state index < -0.39 is 0 Å². The highest BCUT2D eigenvalue weighted by Gasteiger charge is 2.08. The van der Waals surface area contributed by atoms with Gasteiger partial charge in [0.05, 0.1) is 14.0 Å². The second kappa shape index (κ2) is 20.1. The Morgan fingerprint density at radius 2 is 1.53 bits per heavy atom. The number of benzene rings is 3. The maximum absolute atomic E-state index is 12.4. The van der Waals surface area contributed by atoms with Crippen LogP contribution in [0.4, 0.5) is 4.39 Å². The van der Waals surface area contributed by atoms with Crippen molar-refractivity contribution in [2.45, 2.75) is 20.3 Å². The number of hydrogen-bond donors (Lipinski definition) is 1. The van der Waals surface area contributed by atoms with Gasteiger partial charge in [0, 0.05) is 27.3 Å². The molecule has 3 rings (SSSR count). The van der Waals surface area contributed by atoms with Crippen molar-refractivity contribution in [3.8, 4) is 46.4 Å².